The molecule has 0 spiro atoms. The van der Waals surface area contributed by atoms with Crippen LogP contribution >= 0.6 is 0 Å². The van der Waals surface area contributed by atoms with Gasteiger partial charge in [0.25, 0.3) is 0 Å². The van der Waals surface area contributed by atoms with Crippen molar-refractivity contribution in [2.45, 2.75) is 12.5 Å². The van der Waals surface area contributed by atoms with Gasteiger partial charge in [0.2, 0.25) is 0 Å². The molecule has 0 saturated heterocycles. The molecule has 0 fully saturated rings. The van der Waals surface area contributed by atoms with Crippen LogP contribution in [0.5, 0.6) is 0 Å². The maximum Gasteiger partial charge on any atom is 0.123 e. The van der Waals surface area contributed by atoms with E-state index in [0.29, 0.717) is 13.2 Å². The molecule has 3 N–H and O–H groups in total. The van der Waals surface area contributed by atoms with Gasteiger partial charge in [-0.25, -0.2) is 4.39 Å². The first kappa shape index (κ1) is 12.1. The fourth-order valence-corrected chi connectivity index (χ4v) is 1.13. The Bertz CT molecular complexity index is 276. The van der Waals surface area contributed by atoms with Gasteiger partial charge in [0.05, 0.1) is 25.9 Å². The second-order valence-corrected chi connectivity index (χ2v) is 3.39. The van der Waals surface area contributed by atoms with Crippen molar-refractivity contribution in [2.24, 2.45) is 5.73 Å². The Balaban J connectivity index is 2.17. The van der Waals surface area contributed by atoms with Crippen molar-refractivity contribution in [3.63, 3.8) is 0 Å². The third kappa shape index (κ3) is 4.88. The van der Waals surface area contributed by atoms with Crippen molar-refractivity contribution >= 4 is 0 Å². The van der Waals surface area contributed by atoms with Crippen molar-refractivity contribution < 1.29 is 14.2 Å². The molecule has 0 bridgehead atoms. The number of ether oxygens (including phenoxy) is 1. The van der Waals surface area contributed by atoms with E-state index in [1.807, 2.05) is 0 Å². The standard InChI is InChI=1S/C11H16FNO2/c12-10-3-1-9(2-4-10)5-6-15-8-11(13)7-14/h1-4,11,14H,5-8,13H2. The van der Waals surface area contributed by atoms with Gasteiger partial charge in [-0.1, -0.05) is 12.1 Å². The van der Waals surface area contributed by atoms with Gasteiger partial charge in [0.1, 0.15) is 5.82 Å². The van der Waals surface area contributed by atoms with Crippen molar-refractivity contribution in [3.8, 4) is 0 Å². The molecule has 3 nitrogen and oxygen atoms in total. The highest BCUT2D eigenvalue weighted by atomic mass is 19.1. The molecule has 1 aromatic carbocycles. The molecule has 0 aromatic heterocycles. The van der Waals surface area contributed by atoms with E-state index in [1.54, 1.807) is 12.1 Å². The van der Waals surface area contributed by atoms with Crippen molar-refractivity contribution in [3.05, 3.63) is 35.6 Å². The molecule has 15 heavy (non-hydrogen) atoms. The minimum absolute atomic E-state index is 0.0729. The topological polar surface area (TPSA) is 55.5 Å². The second kappa shape index (κ2) is 6.50. The average molecular weight is 213 g/mol. The molecule has 0 aliphatic heterocycles. The van der Waals surface area contributed by atoms with Gasteiger partial charge in [-0.05, 0) is 24.1 Å². The molecule has 0 aliphatic carbocycles. The van der Waals surface area contributed by atoms with Gasteiger partial charge >= 0.3 is 0 Å². The predicted octanol–water partition coefficient (Wildman–Crippen LogP) is 0.704. The molecule has 0 aliphatic rings. The number of halogens is 1. The van der Waals surface area contributed by atoms with Crippen molar-refractivity contribution in [2.75, 3.05) is 19.8 Å². The summed E-state index contributed by atoms with van der Waals surface area (Å²) in [5.41, 5.74) is 6.47. The quantitative estimate of drug-likeness (QED) is 0.684. The number of aliphatic hydroxyl groups is 1. The monoisotopic (exact) mass is 213 g/mol. The van der Waals surface area contributed by atoms with Crippen LogP contribution in [-0.2, 0) is 11.2 Å². The predicted molar refractivity (Wildman–Crippen MR) is 56.0 cm³/mol. The molecule has 1 rings (SSSR count). The SMILES string of the molecule is NC(CO)COCCc1ccc(F)cc1. The maximum absolute atomic E-state index is 12.6. The molecular formula is C11H16FNO2. The van der Waals surface area contributed by atoms with Crippen LogP contribution in [-0.4, -0.2) is 31.0 Å². The van der Waals surface area contributed by atoms with E-state index in [1.165, 1.54) is 12.1 Å². The number of aliphatic hydroxyl groups excluding tert-OH is 1. The van der Waals surface area contributed by atoms with E-state index in [0.717, 1.165) is 12.0 Å². The van der Waals surface area contributed by atoms with E-state index >= 15 is 0 Å². The number of nitrogens with two attached hydrogens (primary N) is 1. The van der Waals surface area contributed by atoms with Crippen LogP contribution in [0.3, 0.4) is 0 Å². The molecule has 1 aromatic rings. The van der Waals surface area contributed by atoms with Gasteiger partial charge in [-0.15, -0.1) is 0 Å². The summed E-state index contributed by atoms with van der Waals surface area (Å²) < 4.78 is 17.8. The average Bonchev–Trinajstić information content (AvgIpc) is 2.26. The first-order chi connectivity index (χ1) is 7.22. The Kier molecular flexibility index (Phi) is 5.25. The van der Waals surface area contributed by atoms with Gasteiger partial charge in [0, 0.05) is 0 Å². The summed E-state index contributed by atoms with van der Waals surface area (Å²) >= 11 is 0. The third-order valence-corrected chi connectivity index (χ3v) is 2.01. The van der Waals surface area contributed by atoms with Crippen molar-refractivity contribution in [1.29, 1.82) is 0 Å². The normalized spacial score (nSPS) is 12.7. The lowest BCUT2D eigenvalue weighted by Gasteiger charge is -2.08. The minimum atomic E-state index is -0.321. The summed E-state index contributed by atoms with van der Waals surface area (Å²) in [6.45, 7) is 0.799. The van der Waals surface area contributed by atoms with E-state index in [9.17, 15) is 4.39 Å². The van der Waals surface area contributed by atoms with E-state index in [4.69, 9.17) is 15.6 Å². The van der Waals surface area contributed by atoms with Crippen LogP contribution in [0, 0.1) is 5.82 Å². The third-order valence-electron chi connectivity index (χ3n) is 2.01. The molecule has 0 radical (unpaired) electrons. The first-order valence-electron chi connectivity index (χ1n) is 4.91. The second-order valence-electron chi connectivity index (χ2n) is 3.39. The van der Waals surface area contributed by atoms with Gasteiger partial charge in [-0.3, -0.25) is 0 Å². The molecule has 0 saturated carbocycles. The van der Waals surface area contributed by atoms with Crippen LogP contribution in [0.1, 0.15) is 5.56 Å². The van der Waals surface area contributed by atoms with Crippen LogP contribution < -0.4 is 5.73 Å². The Morgan fingerprint density at radius 3 is 2.60 bits per heavy atom. The van der Waals surface area contributed by atoms with Crippen LogP contribution in [0.15, 0.2) is 24.3 Å². The number of hydrogen-bond acceptors (Lipinski definition) is 3. The lowest BCUT2D eigenvalue weighted by atomic mass is 10.2. The zero-order valence-corrected chi connectivity index (χ0v) is 8.53. The zero-order valence-electron chi connectivity index (χ0n) is 8.53. The molecule has 1 atom stereocenters. The number of hydrogen-bond donors (Lipinski definition) is 2. The molecule has 0 amide bonds. The molecule has 0 heterocycles. The summed E-state index contributed by atoms with van der Waals surface area (Å²) in [6, 6.07) is 5.98. The Morgan fingerprint density at radius 1 is 1.33 bits per heavy atom. The van der Waals surface area contributed by atoms with Crippen molar-refractivity contribution in [1.82, 2.24) is 0 Å². The molecule has 1 unspecified atom stereocenters. The van der Waals surface area contributed by atoms with Crippen LogP contribution in [0.4, 0.5) is 4.39 Å². The van der Waals surface area contributed by atoms with Crippen LogP contribution in [0.2, 0.25) is 0 Å². The van der Waals surface area contributed by atoms with Crippen LogP contribution in [0.25, 0.3) is 0 Å². The van der Waals surface area contributed by atoms with E-state index in [2.05, 4.69) is 0 Å². The summed E-state index contributed by atoms with van der Waals surface area (Å²) in [5, 5.41) is 8.64. The smallest absolute Gasteiger partial charge is 0.123 e. The molecule has 4 heteroatoms. The summed E-state index contributed by atoms with van der Waals surface area (Å²) in [7, 11) is 0. The zero-order chi connectivity index (χ0) is 11.1. The van der Waals surface area contributed by atoms with Gasteiger partial charge < -0.3 is 15.6 Å². The fraction of sp³-hybridized carbons (Fsp3) is 0.455. The van der Waals surface area contributed by atoms with E-state index < -0.39 is 0 Å². The lowest BCUT2D eigenvalue weighted by molar-refractivity contribution is 0.103. The Labute approximate surface area is 88.7 Å². The summed E-state index contributed by atoms with van der Waals surface area (Å²) in [6.07, 6.45) is 0.721. The van der Waals surface area contributed by atoms with Gasteiger partial charge in [-0.2, -0.15) is 0 Å². The maximum atomic E-state index is 12.6. The Morgan fingerprint density at radius 2 is 2.00 bits per heavy atom. The number of benzene rings is 1. The largest absolute Gasteiger partial charge is 0.395 e. The number of rotatable bonds is 6. The van der Waals surface area contributed by atoms with Gasteiger partial charge in [0.15, 0.2) is 0 Å². The Hall–Kier alpha value is -0.970. The highest BCUT2D eigenvalue weighted by Crippen LogP contribution is 2.03. The fourth-order valence-electron chi connectivity index (χ4n) is 1.13. The molecule has 84 valence electrons. The lowest BCUT2D eigenvalue weighted by Crippen LogP contribution is -2.30. The summed E-state index contributed by atoms with van der Waals surface area (Å²) in [4.78, 5) is 0. The first-order valence-corrected chi connectivity index (χ1v) is 4.91. The minimum Gasteiger partial charge on any atom is -0.395 e. The molecular weight excluding hydrogens is 197 g/mol. The highest BCUT2D eigenvalue weighted by Gasteiger charge is 2.00. The highest BCUT2D eigenvalue weighted by molar-refractivity contribution is 5.15. The van der Waals surface area contributed by atoms with E-state index in [-0.39, 0.29) is 18.5 Å². The summed E-state index contributed by atoms with van der Waals surface area (Å²) in [5.74, 6) is -0.234.